The second-order valence-corrected chi connectivity index (χ2v) is 1.60. The van der Waals surface area contributed by atoms with Gasteiger partial charge in [0.05, 0.1) is 6.61 Å². The lowest BCUT2D eigenvalue weighted by atomic mass is 10.3. The van der Waals surface area contributed by atoms with Gasteiger partial charge in [0.1, 0.15) is 6.04 Å². The Hall–Kier alpha value is -0.0000000000000000555. The monoisotopic (exact) mass is 179 g/mol. The van der Waals surface area contributed by atoms with Gasteiger partial charge in [-0.3, -0.25) is 0 Å². The van der Waals surface area contributed by atoms with Crippen LogP contribution in [0.1, 0.15) is 0 Å². The summed E-state index contributed by atoms with van der Waals surface area (Å²) in [5.74, 6) is 0. The molecule has 0 aromatic rings. The molecule has 0 aromatic carbocycles. The molecule has 0 saturated heterocycles. The summed E-state index contributed by atoms with van der Waals surface area (Å²) in [6.07, 6.45) is -4.34. The predicted octanol–water partition coefficient (Wildman–Crippen LogP) is 0.944. The van der Waals surface area contributed by atoms with Crippen LogP contribution in [0.25, 0.3) is 0 Å². The van der Waals surface area contributed by atoms with Gasteiger partial charge in [0.25, 0.3) is 0 Å². The van der Waals surface area contributed by atoms with Gasteiger partial charge in [-0.15, -0.1) is 12.4 Å². The van der Waals surface area contributed by atoms with E-state index in [1.54, 1.807) is 0 Å². The Morgan fingerprint density at radius 1 is 1.50 bits per heavy atom. The molecule has 0 aliphatic carbocycles. The highest BCUT2D eigenvalue weighted by Gasteiger charge is 2.36. The lowest BCUT2D eigenvalue weighted by molar-refractivity contribution is -0.157. The molecule has 64 valence electrons. The number of hydrogen-bond acceptors (Lipinski definition) is 2. The van der Waals surface area contributed by atoms with Crippen molar-refractivity contribution in [1.29, 1.82) is 0 Å². The van der Waals surface area contributed by atoms with Crippen LogP contribution in [0.3, 0.4) is 0 Å². The summed E-state index contributed by atoms with van der Waals surface area (Å²) in [5.41, 5.74) is 4.61. The van der Waals surface area contributed by atoms with Crippen LogP contribution in [-0.2, 0) is 4.74 Å². The third kappa shape index (κ3) is 4.84. The SMILES string of the molecule is COC[C@H](N)C(F)(F)F.Cl. The second-order valence-electron chi connectivity index (χ2n) is 1.60. The van der Waals surface area contributed by atoms with Crippen molar-refractivity contribution < 1.29 is 17.9 Å². The fraction of sp³-hybridized carbons (Fsp3) is 1.00. The molecule has 0 unspecified atom stereocenters. The lowest BCUT2D eigenvalue weighted by Gasteiger charge is -2.13. The first-order valence-electron chi connectivity index (χ1n) is 2.29. The molecule has 1 atom stereocenters. The first-order valence-corrected chi connectivity index (χ1v) is 2.29. The standard InChI is InChI=1S/C4H8F3NO.ClH/c1-9-2-3(8)4(5,6)7;/h3H,2,8H2,1H3;1H/t3-;/m0./s1. The zero-order valence-electron chi connectivity index (χ0n) is 5.31. The summed E-state index contributed by atoms with van der Waals surface area (Å²) in [4.78, 5) is 0. The van der Waals surface area contributed by atoms with Crippen LogP contribution in [0.5, 0.6) is 0 Å². The molecule has 10 heavy (non-hydrogen) atoms. The number of nitrogens with two attached hydrogens (primary N) is 1. The number of methoxy groups -OCH3 is 1. The van der Waals surface area contributed by atoms with E-state index in [2.05, 4.69) is 10.5 Å². The van der Waals surface area contributed by atoms with E-state index in [9.17, 15) is 13.2 Å². The third-order valence-corrected chi connectivity index (χ3v) is 0.767. The molecule has 0 heterocycles. The Balaban J connectivity index is 0. The minimum absolute atomic E-state index is 0. The van der Waals surface area contributed by atoms with E-state index in [4.69, 9.17) is 0 Å². The molecule has 2 N–H and O–H groups in total. The Bertz CT molecular complexity index is 87.1. The Morgan fingerprint density at radius 3 is 2.00 bits per heavy atom. The number of halogens is 4. The summed E-state index contributed by atoms with van der Waals surface area (Å²) >= 11 is 0. The summed E-state index contributed by atoms with van der Waals surface area (Å²) in [6.45, 7) is -0.483. The van der Waals surface area contributed by atoms with Crippen LogP contribution < -0.4 is 5.73 Å². The lowest BCUT2D eigenvalue weighted by Crippen LogP contribution is -2.40. The molecule has 0 spiro atoms. The van der Waals surface area contributed by atoms with Crippen molar-refractivity contribution in [2.45, 2.75) is 12.2 Å². The van der Waals surface area contributed by atoms with Crippen molar-refractivity contribution in [3.8, 4) is 0 Å². The summed E-state index contributed by atoms with van der Waals surface area (Å²) in [6, 6.07) is -1.86. The Labute approximate surface area is 62.9 Å². The molecule has 2 nitrogen and oxygen atoms in total. The van der Waals surface area contributed by atoms with Crippen molar-refractivity contribution >= 4 is 12.4 Å². The van der Waals surface area contributed by atoms with Crippen molar-refractivity contribution in [3.05, 3.63) is 0 Å². The smallest absolute Gasteiger partial charge is 0.383 e. The van der Waals surface area contributed by atoms with Gasteiger partial charge in [0.2, 0.25) is 0 Å². The van der Waals surface area contributed by atoms with E-state index >= 15 is 0 Å². The molecule has 0 amide bonds. The number of alkyl halides is 3. The van der Waals surface area contributed by atoms with Gasteiger partial charge in [-0.2, -0.15) is 13.2 Å². The topological polar surface area (TPSA) is 35.2 Å². The molecular weight excluding hydrogens is 170 g/mol. The molecule has 0 saturated carbocycles. The highest BCUT2D eigenvalue weighted by Crippen LogP contribution is 2.17. The Kier molecular flexibility index (Phi) is 6.02. The Morgan fingerprint density at radius 2 is 1.90 bits per heavy atom. The average Bonchev–Trinajstić information content (AvgIpc) is 1.64. The first kappa shape index (κ1) is 12.7. The van der Waals surface area contributed by atoms with E-state index in [0.29, 0.717) is 0 Å². The van der Waals surface area contributed by atoms with Crippen LogP contribution in [0, 0.1) is 0 Å². The van der Waals surface area contributed by atoms with E-state index in [1.807, 2.05) is 0 Å². The summed E-state index contributed by atoms with van der Waals surface area (Å²) in [5, 5.41) is 0. The molecular formula is C4H9ClF3NO. The van der Waals surface area contributed by atoms with E-state index in [1.165, 1.54) is 7.11 Å². The quantitative estimate of drug-likeness (QED) is 0.685. The fourth-order valence-corrected chi connectivity index (χ4v) is 0.274. The maximum Gasteiger partial charge on any atom is 0.405 e. The highest BCUT2D eigenvalue weighted by molar-refractivity contribution is 5.85. The molecule has 0 aliphatic heterocycles. The van der Waals surface area contributed by atoms with Crippen molar-refractivity contribution in [2.75, 3.05) is 13.7 Å². The van der Waals surface area contributed by atoms with Crippen molar-refractivity contribution in [2.24, 2.45) is 5.73 Å². The van der Waals surface area contributed by atoms with Crippen LogP contribution >= 0.6 is 12.4 Å². The minimum Gasteiger partial charge on any atom is -0.383 e. The minimum atomic E-state index is -4.34. The van der Waals surface area contributed by atoms with Crippen molar-refractivity contribution in [1.82, 2.24) is 0 Å². The van der Waals surface area contributed by atoms with E-state index in [-0.39, 0.29) is 12.4 Å². The van der Waals surface area contributed by atoms with Gasteiger partial charge >= 0.3 is 6.18 Å². The number of ether oxygens (including phenoxy) is 1. The van der Waals surface area contributed by atoms with Crippen LogP contribution in [0.2, 0.25) is 0 Å². The fourth-order valence-electron chi connectivity index (χ4n) is 0.274. The van der Waals surface area contributed by atoms with Gasteiger partial charge in [-0.25, -0.2) is 0 Å². The van der Waals surface area contributed by atoms with Gasteiger partial charge in [0.15, 0.2) is 0 Å². The zero-order valence-corrected chi connectivity index (χ0v) is 6.13. The number of hydrogen-bond donors (Lipinski definition) is 1. The summed E-state index contributed by atoms with van der Waals surface area (Å²) < 4.78 is 38.5. The highest BCUT2D eigenvalue weighted by atomic mass is 35.5. The molecule has 0 aromatic heterocycles. The van der Waals surface area contributed by atoms with Crippen LogP contribution in [0.4, 0.5) is 13.2 Å². The maximum absolute atomic E-state index is 11.4. The molecule has 0 rings (SSSR count). The van der Waals surface area contributed by atoms with Gasteiger partial charge in [-0.05, 0) is 0 Å². The van der Waals surface area contributed by atoms with Gasteiger partial charge in [0, 0.05) is 7.11 Å². The normalized spacial score (nSPS) is 14.1. The first-order chi connectivity index (χ1) is 3.98. The van der Waals surface area contributed by atoms with E-state index < -0.39 is 18.8 Å². The van der Waals surface area contributed by atoms with Gasteiger partial charge < -0.3 is 10.5 Å². The molecule has 0 fully saturated rings. The molecule has 0 radical (unpaired) electrons. The second kappa shape index (κ2) is 4.76. The maximum atomic E-state index is 11.4. The van der Waals surface area contributed by atoms with Crippen LogP contribution in [0.15, 0.2) is 0 Å². The molecule has 6 heteroatoms. The van der Waals surface area contributed by atoms with Crippen molar-refractivity contribution in [3.63, 3.8) is 0 Å². The van der Waals surface area contributed by atoms with E-state index in [0.717, 1.165) is 0 Å². The average molecular weight is 180 g/mol. The molecule has 0 bridgehead atoms. The predicted molar refractivity (Wildman–Crippen MR) is 33.2 cm³/mol. The third-order valence-electron chi connectivity index (χ3n) is 0.767. The van der Waals surface area contributed by atoms with Crippen LogP contribution in [-0.4, -0.2) is 25.9 Å². The molecule has 0 aliphatic rings. The largest absolute Gasteiger partial charge is 0.405 e. The summed E-state index contributed by atoms with van der Waals surface area (Å²) in [7, 11) is 1.17. The van der Waals surface area contributed by atoms with Gasteiger partial charge in [-0.1, -0.05) is 0 Å². The number of rotatable bonds is 2. The zero-order chi connectivity index (χ0) is 7.49.